The van der Waals surface area contributed by atoms with Gasteiger partial charge in [-0.15, -0.1) is 0 Å². The lowest BCUT2D eigenvalue weighted by Crippen LogP contribution is -2.68. The number of rotatable bonds is 17. The maximum Gasteiger partial charge on any atom is 0.303 e. The fourth-order valence-electron chi connectivity index (χ4n) is 6.77. The van der Waals surface area contributed by atoms with Crippen molar-refractivity contribution in [3.63, 3.8) is 0 Å². The van der Waals surface area contributed by atoms with E-state index in [2.05, 4.69) is 0 Å². The van der Waals surface area contributed by atoms with Gasteiger partial charge < -0.3 is 76.2 Å². The highest BCUT2D eigenvalue weighted by molar-refractivity contribution is 5.70. The molecule has 0 spiro atoms. The molecule has 3 fully saturated rings. The van der Waals surface area contributed by atoms with Gasteiger partial charge in [-0.3, -0.25) is 47.9 Å². The molecule has 0 aromatic heterocycles. The molecule has 3 heterocycles. The first kappa shape index (κ1) is 52.8. The van der Waals surface area contributed by atoms with Gasteiger partial charge >= 0.3 is 59.7 Å². The Kier molecular flexibility index (Phi) is 19.8. The summed E-state index contributed by atoms with van der Waals surface area (Å²) in [6.07, 6.45) is -27.2. The van der Waals surface area contributed by atoms with Crippen LogP contribution < -0.4 is 0 Å². The third kappa shape index (κ3) is 15.6. The number of carbonyl (C=O) groups is 10. The van der Waals surface area contributed by atoms with Crippen LogP contribution in [0.15, 0.2) is 0 Å². The second kappa shape index (κ2) is 23.9. The molecular formula is C38H52O26. The first-order valence-electron chi connectivity index (χ1n) is 19.4. The zero-order valence-corrected chi connectivity index (χ0v) is 36.4. The molecule has 0 saturated carbocycles. The Balaban J connectivity index is 2.28. The molecular weight excluding hydrogens is 872 g/mol. The zero-order valence-electron chi connectivity index (χ0n) is 36.4. The molecule has 360 valence electrons. The quantitative estimate of drug-likeness (QED) is 0.123. The van der Waals surface area contributed by atoms with E-state index in [1.807, 2.05) is 0 Å². The number of hydrogen-bond acceptors (Lipinski definition) is 26. The van der Waals surface area contributed by atoms with Gasteiger partial charge in [-0.25, -0.2) is 0 Å². The molecule has 0 amide bonds. The molecule has 3 rings (SSSR count). The van der Waals surface area contributed by atoms with E-state index >= 15 is 0 Å². The van der Waals surface area contributed by atoms with E-state index in [0.717, 1.165) is 69.2 Å². The Morgan fingerprint density at radius 3 is 0.906 bits per heavy atom. The predicted octanol–water partition coefficient (Wildman–Crippen LogP) is -1.86. The standard InChI is InChI=1S/C38H52O26/c1-14(39)50-11-24-28(30(54-18(5)43)33(36(49)60-24)57-21(8)46)63-38-35(59-23(10)48)32(56-20(7)45)29(26(62-38)13-52-16(3)41)64-37-34(58-22(9)47)31(55-19(6)44)27(53-17(4)42)25(61-37)12-51-15(2)40/h24-38,49H,11-13H2,1-10H3/t24-,25-,26-,27+,28+,29+,30+,31+,32+,33-,34-,35-,36?,37-,38-/m1/s1. The number of carbonyl (C=O) groups excluding carboxylic acids is 10. The highest BCUT2D eigenvalue weighted by Crippen LogP contribution is 2.38. The minimum atomic E-state index is -2.02. The van der Waals surface area contributed by atoms with Crippen LogP contribution in [0.25, 0.3) is 0 Å². The minimum Gasteiger partial charge on any atom is -0.463 e. The highest BCUT2D eigenvalue weighted by atomic mass is 16.8. The number of ether oxygens (including phenoxy) is 15. The molecule has 3 aliphatic rings. The zero-order chi connectivity index (χ0) is 48.2. The summed E-state index contributed by atoms with van der Waals surface area (Å²) in [7, 11) is 0. The van der Waals surface area contributed by atoms with Gasteiger partial charge in [0.1, 0.15) is 50.3 Å². The molecule has 15 atom stereocenters. The van der Waals surface area contributed by atoms with Gasteiger partial charge in [0.05, 0.1) is 0 Å². The third-order valence-corrected chi connectivity index (χ3v) is 8.84. The molecule has 0 aromatic rings. The number of aliphatic hydroxyl groups is 1. The number of esters is 10. The Morgan fingerprint density at radius 2 is 0.578 bits per heavy atom. The minimum absolute atomic E-state index is 0.681. The number of hydrogen-bond donors (Lipinski definition) is 1. The fourth-order valence-corrected chi connectivity index (χ4v) is 6.77. The Hall–Kier alpha value is -5.54. The fraction of sp³-hybridized carbons (Fsp3) is 0.737. The van der Waals surface area contributed by atoms with Gasteiger partial charge in [-0.2, -0.15) is 0 Å². The Morgan fingerprint density at radius 1 is 0.328 bits per heavy atom. The molecule has 26 nitrogen and oxygen atoms in total. The summed E-state index contributed by atoms with van der Waals surface area (Å²) in [6, 6.07) is 0. The molecule has 26 heteroatoms. The van der Waals surface area contributed by atoms with Crippen LogP contribution in [0.1, 0.15) is 69.2 Å². The number of aliphatic hydroxyl groups excluding tert-OH is 1. The average molecular weight is 925 g/mol. The molecule has 0 aliphatic carbocycles. The van der Waals surface area contributed by atoms with E-state index in [-0.39, 0.29) is 0 Å². The molecule has 64 heavy (non-hydrogen) atoms. The van der Waals surface area contributed by atoms with Crippen molar-refractivity contribution in [1.82, 2.24) is 0 Å². The monoisotopic (exact) mass is 924 g/mol. The van der Waals surface area contributed by atoms with Gasteiger partial charge in [0.2, 0.25) is 0 Å². The topological polar surface area (TPSA) is 329 Å². The molecule has 3 aliphatic heterocycles. The van der Waals surface area contributed by atoms with Gasteiger partial charge in [0, 0.05) is 69.2 Å². The van der Waals surface area contributed by atoms with Gasteiger partial charge in [-0.05, 0) is 0 Å². The molecule has 0 bridgehead atoms. The normalized spacial score (nSPS) is 32.3. The van der Waals surface area contributed by atoms with E-state index in [9.17, 15) is 53.1 Å². The van der Waals surface area contributed by atoms with Gasteiger partial charge in [0.25, 0.3) is 0 Å². The van der Waals surface area contributed by atoms with Crippen molar-refractivity contribution >= 4 is 59.7 Å². The predicted molar refractivity (Wildman–Crippen MR) is 197 cm³/mol. The first-order valence-corrected chi connectivity index (χ1v) is 19.4. The van der Waals surface area contributed by atoms with Crippen LogP contribution >= 0.6 is 0 Å². The van der Waals surface area contributed by atoms with Crippen LogP contribution in [-0.4, -0.2) is 177 Å². The maximum atomic E-state index is 12.9. The average Bonchev–Trinajstić information content (AvgIpc) is 3.15. The van der Waals surface area contributed by atoms with E-state index in [1.54, 1.807) is 0 Å². The second-order valence-corrected chi connectivity index (χ2v) is 14.3. The van der Waals surface area contributed by atoms with Gasteiger partial charge in [0.15, 0.2) is 61.6 Å². The Bertz CT molecular complexity index is 1730. The lowest BCUT2D eigenvalue weighted by Gasteiger charge is -2.50. The Labute approximate surface area is 364 Å². The smallest absolute Gasteiger partial charge is 0.303 e. The van der Waals surface area contributed by atoms with Crippen molar-refractivity contribution in [2.75, 3.05) is 19.8 Å². The van der Waals surface area contributed by atoms with E-state index in [0.29, 0.717) is 0 Å². The lowest BCUT2D eigenvalue weighted by atomic mass is 9.95. The van der Waals surface area contributed by atoms with Crippen molar-refractivity contribution < 1.29 is 124 Å². The first-order chi connectivity index (χ1) is 29.9. The molecule has 0 aromatic carbocycles. The second-order valence-electron chi connectivity index (χ2n) is 14.3. The van der Waals surface area contributed by atoms with Crippen molar-refractivity contribution in [2.24, 2.45) is 0 Å². The molecule has 3 saturated heterocycles. The van der Waals surface area contributed by atoms with Crippen molar-refractivity contribution in [2.45, 2.75) is 161 Å². The van der Waals surface area contributed by atoms with Crippen LogP contribution in [0.5, 0.6) is 0 Å². The van der Waals surface area contributed by atoms with E-state index in [4.69, 9.17) is 71.1 Å². The maximum absolute atomic E-state index is 12.9. The van der Waals surface area contributed by atoms with Crippen LogP contribution in [0, 0.1) is 0 Å². The lowest BCUT2D eigenvalue weighted by molar-refractivity contribution is -0.378. The molecule has 0 radical (unpaired) electrons. The van der Waals surface area contributed by atoms with Crippen LogP contribution in [0.2, 0.25) is 0 Å². The summed E-state index contributed by atoms with van der Waals surface area (Å²) in [4.78, 5) is 124. The molecule has 1 unspecified atom stereocenters. The largest absolute Gasteiger partial charge is 0.463 e. The van der Waals surface area contributed by atoms with Crippen molar-refractivity contribution in [3.8, 4) is 0 Å². The summed E-state index contributed by atoms with van der Waals surface area (Å²) in [5.74, 6) is -9.61. The highest BCUT2D eigenvalue weighted by Gasteiger charge is 2.59. The SMILES string of the molecule is CC(=O)OC[C@H]1O[C@H](O[C@@H]2[C@H](OC(C)=O)[C@@H](OC(C)=O)[C@@H](O[C@@H]3[C@H](OC(C)=O)[C@@H](OC(C)=O)C(O)O[C@@H]3COC(C)=O)O[C@@H]2COC(C)=O)[C@H](OC(C)=O)[C@@H](OC(C)=O)[C@H]1OC(C)=O. The summed E-state index contributed by atoms with van der Waals surface area (Å²) < 4.78 is 84.2. The summed E-state index contributed by atoms with van der Waals surface area (Å²) >= 11 is 0. The summed E-state index contributed by atoms with van der Waals surface area (Å²) in [6.45, 7) is 7.65. The van der Waals surface area contributed by atoms with E-state index in [1.165, 1.54) is 0 Å². The summed E-state index contributed by atoms with van der Waals surface area (Å²) in [5.41, 5.74) is 0. The third-order valence-electron chi connectivity index (χ3n) is 8.84. The van der Waals surface area contributed by atoms with Crippen LogP contribution in [0.3, 0.4) is 0 Å². The van der Waals surface area contributed by atoms with E-state index < -0.39 is 172 Å². The van der Waals surface area contributed by atoms with Crippen LogP contribution in [-0.2, 0) is 119 Å². The summed E-state index contributed by atoms with van der Waals surface area (Å²) in [5, 5.41) is 10.9. The van der Waals surface area contributed by atoms with Crippen molar-refractivity contribution in [1.29, 1.82) is 0 Å². The van der Waals surface area contributed by atoms with Gasteiger partial charge in [-0.1, -0.05) is 0 Å². The van der Waals surface area contributed by atoms with Crippen molar-refractivity contribution in [3.05, 3.63) is 0 Å². The van der Waals surface area contributed by atoms with Crippen LogP contribution in [0.4, 0.5) is 0 Å². The molecule has 1 N–H and O–H groups in total.